The van der Waals surface area contributed by atoms with Gasteiger partial charge < -0.3 is 15.0 Å². The van der Waals surface area contributed by atoms with Crippen molar-refractivity contribution in [3.05, 3.63) is 41.6 Å². The minimum Gasteiger partial charge on any atom is -0.484 e. The number of nitriles is 1. The van der Waals surface area contributed by atoms with E-state index in [1.165, 1.54) is 0 Å². The number of likely N-dealkylation sites (tertiary alicyclic amines) is 1. The Bertz CT molecular complexity index is 951. The molecule has 2 amide bonds. The van der Waals surface area contributed by atoms with Crippen LogP contribution in [0.25, 0.3) is 0 Å². The van der Waals surface area contributed by atoms with Gasteiger partial charge in [0, 0.05) is 23.7 Å². The number of benzene rings is 1. The molecule has 3 rings (SSSR count). The summed E-state index contributed by atoms with van der Waals surface area (Å²) in [7, 11) is 0. The average molecular weight is 424 g/mol. The molecule has 1 aromatic carbocycles. The molecule has 1 aliphatic rings. The zero-order chi connectivity index (χ0) is 22.4. The lowest BCUT2D eigenvalue weighted by atomic mass is 9.97. The number of hydrogen-bond acceptors (Lipinski definition) is 5. The van der Waals surface area contributed by atoms with Gasteiger partial charge in [0.2, 0.25) is 0 Å². The van der Waals surface area contributed by atoms with Crippen LogP contribution in [-0.4, -0.2) is 45.2 Å². The third-order valence-electron chi connectivity index (χ3n) is 5.54. The van der Waals surface area contributed by atoms with Crippen LogP contribution >= 0.6 is 0 Å². The third kappa shape index (κ3) is 5.63. The van der Waals surface area contributed by atoms with Gasteiger partial charge in [-0.25, -0.2) is 4.68 Å². The highest BCUT2D eigenvalue weighted by Gasteiger charge is 2.29. The van der Waals surface area contributed by atoms with E-state index >= 15 is 0 Å². The highest BCUT2D eigenvalue weighted by molar-refractivity contribution is 6.03. The van der Waals surface area contributed by atoms with Crippen molar-refractivity contribution in [2.24, 2.45) is 0 Å². The first-order valence-corrected chi connectivity index (χ1v) is 10.7. The fourth-order valence-electron chi connectivity index (χ4n) is 4.00. The lowest BCUT2D eigenvalue weighted by molar-refractivity contribution is -0.139. The molecular weight excluding hydrogens is 394 g/mol. The summed E-state index contributed by atoms with van der Waals surface area (Å²) in [5.41, 5.74) is 1.22. The van der Waals surface area contributed by atoms with Crippen LogP contribution in [0, 0.1) is 18.3 Å². The molecule has 2 unspecified atom stereocenters. The molecule has 0 aliphatic carbocycles. The van der Waals surface area contributed by atoms with Crippen molar-refractivity contribution in [1.82, 2.24) is 14.7 Å². The van der Waals surface area contributed by atoms with Gasteiger partial charge in [0.1, 0.15) is 11.6 Å². The van der Waals surface area contributed by atoms with Crippen molar-refractivity contribution in [2.45, 2.75) is 65.1 Å². The molecule has 1 aromatic heterocycles. The van der Waals surface area contributed by atoms with Crippen molar-refractivity contribution in [3.8, 4) is 11.8 Å². The molecule has 8 heteroatoms. The molecule has 31 heavy (non-hydrogen) atoms. The van der Waals surface area contributed by atoms with Crippen LogP contribution in [0.1, 0.15) is 55.6 Å². The van der Waals surface area contributed by atoms with Gasteiger partial charge in [-0.3, -0.25) is 9.59 Å². The summed E-state index contributed by atoms with van der Waals surface area (Å²) in [4.78, 5) is 27.1. The van der Waals surface area contributed by atoms with E-state index in [0.717, 1.165) is 25.0 Å². The Morgan fingerprint density at radius 1 is 1.23 bits per heavy atom. The van der Waals surface area contributed by atoms with Crippen LogP contribution in [0.15, 0.2) is 30.3 Å². The van der Waals surface area contributed by atoms with Crippen LogP contribution < -0.4 is 10.1 Å². The van der Waals surface area contributed by atoms with E-state index in [1.807, 2.05) is 11.8 Å². The van der Waals surface area contributed by atoms with Crippen LogP contribution in [-0.2, 0) is 11.3 Å². The normalized spacial score (nSPS) is 18.3. The maximum Gasteiger partial charge on any atom is 0.260 e. The Balaban J connectivity index is 1.57. The molecule has 2 heterocycles. The van der Waals surface area contributed by atoms with Crippen LogP contribution in [0.5, 0.6) is 5.75 Å². The summed E-state index contributed by atoms with van der Waals surface area (Å²) >= 11 is 0. The first-order valence-electron chi connectivity index (χ1n) is 10.7. The van der Waals surface area contributed by atoms with Gasteiger partial charge >= 0.3 is 0 Å². The number of carbonyl (C=O) groups excluding carboxylic acids is 2. The van der Waals surface area contributed by atoms with Gasteiger partial charge in [-0.1, -0.05) is 0 Å². The summed E-state index contributed by atoms with van der Waals surface area (Å²) in [6.45, 7) is 6.38. The average Bonchev–Trinajstić information content (AvgIpc) is 3.09. The summed E-state index contributed by atoms with van der Waals surface area (Å²) in [6.07, 6.45) is 3.50. The van der Waals surface area contributed by atoms with Gasteiger partial charge in [0.25, 0.3) is 11.8 Å². The van der Waals surface area contributed by atoms with Gasteiger partial charge in [0.05, 0.1) is 24.7 Å². The fraction of sp³-hybridized carbons (Fsp3) is 0.478. The zero-order valence-electron chi connectivity index (χ0n) is 18.3. The third-order valence-corrected chi connectivity index (χ3v) is 5.54. The van der Waals surface area contributed by atoms with E-state index in [2.05, 4.69) is 30.3 Å². The summed E-state index contributed by atoms with van der Waals surface area (Å²) in [5, 5.41) is 15.9. The topological polar surface area (TPSA) is 100 Å². The first-order chi connectivity index (χ1) is 14.9. The lowest BCUT2D eigenvalue weighted by Crippen LogP contribution is -2.49. The van der Waals surface area contributed by atoms with E-state index in [4.69, 9.17) is 10.00 Å². The maximum atomic E-state index is 12.6. The van der Waals surface area contributed by atoms with Crippen molar-refractivity contribution in [2.75, 3.05) is 11.9 Å². The minimum absolute atomic E-state index is 0.0116. The molecule has 1 aliphatic heterocycles. The van der Waals surface area contributed by atoms with Gasteiger partial charge in [-0.15, -0.1) is 0 Å². The zero-order valence-corrected chi connectivity index (χ0v) is 18.3. The summed E-state index contributed by atoms with van der Waals surface area (Å²) in [6, 6.07) is 11.0. The SMILES string of the molecule is Cc1cc(NC(=O)c2ccc(OCC(=O)N3C(C)CCCC3C)cc2)n(CCC#N)n1. The molecule has 0 bridgehead atoms. The van der Waals surface area contributed by atoms with E-state index < -0.39 is 0 Å². The number of rotatable bonds is 7. The molecule has 1 saturated heterocycles. The van der Waals surface area contributed by atoms with Crippen molar-refractivity contribution in [1.29, 1.82) is 5.26 Å². The number of amides is 2. The number of anilines is 1. The van der Waals surface area contributed by atoms with Crippen molar-refractivity contribution < 1.29 is 14.3 Å². The Kier molecular flexibility index (Phi) is 7.29. The second-order valence-corrected chi connectivity index (χ2v) is 8.00. The van der Waals surface area contributed by atoms with E-state index in [9.17, 15) is 9.59 Å². The molecule has 8 nitrogen and oxygen atoms in total. The van der Waals surface area contributed by atoms with Gasteiger partial charge in [0.15, 0.2) is 6.61 Å². The fourth-order valence-corrected chi connectivity index (χ4v) is 4.00. The Labute approximate surface area is 182 Å². The number of ether oxygens (including phenoxy) is 1. The van der Waals surface area contributed by atoms with Crippen LogP contribution in [0.2, 0.25) is 0 Å². The summed E-state index contributed by atoms with van der Waals surface area (Å²) < 4.78 is 7.28. The first kappa shape index (κ1) is 22.3. The number of aryl methyl sites for hydroxylation is 2. The Morgan fingerprint density at radius 2 is 1.90 bits per heavy atom. The molecule has 0 radical (unpaired) electrons. The molecule has 1 N–H and O–H groups in total. The van der Waals surface area contributed by atoms with Gasteiger partial charge in [-0.05, 0) is 64.3 Å². The van der Waals surface area contributed by atoms with Gasteiger partial charge in [-0.2, -0.15) is 10.4 Å². The molecule has 0 spiro atoms. The smallest absolute Gasteiger partial charge is 0.260 e. The van der Waals surface area contributed by atoms with E-state index in [0.29, 0.717) is 30.1 Å². The summed E-state index contributed by atoms with van der Waals surface area (Å²) in [5.74, 6) is 0.796. The van der Waals surface area contributed by atoms with E-state index in [1.54, 1.807) is 35.0 Å². The number of piperidine rings is 1. The molecule has 1 fully saturated rings. The number of nitrogens with one attached hydrogen (secondary N) is 1. The molecule has 0 saturated carbocycles. The van der Waals surface area contributed by atoms with Crippen molar-refractivity contribution >= 4 is 17.6 Å². The van der Waals surface area contributed by atoms with Crippen LogP contribution in [0.4, 0.5) is 5.82 Å². The number of carbonyl (C=O) groups is 2. The quantitative estimate of drug-likeness (QED) is 0.734. The molecule has 2 aromatic rings. The minimum atomic E-state index is -0.281. The lowest BCUT2D eigenvalue weighted by Gasteiger charge is -2.38. The molecule has 2 atom stereocenters. The predicted octanol–water partition coefficient (Wildman–Crippen LogP) is 3.53. The monoisotopic (exact) mass is 423 g/mol. The predicted molar refractivity (Wildman–Crippen MR) is 117 cm³/mol. The number of hydrogen-bond donors (Lipinski definition) is 1. The van der Waals surface area contributed by atoms with E-state index in [-0.39, 0.29) is 30.5 Å². The number of nitrogens with zero attached hydrogens (tertiary/aromatic N) is 4. The van der Waals surface area contributed by atoms with Crippen molar-refractivity contribution in [3.63, 3.8) is 0 Å². The molecular formula is C23H29N5O3. The standard InChI is InChI=1S/C23H29N5O3/c1-16-14-21(27(26-16)13-5-12-24)25-23(30)19-8-10-20(11-9-19)31-15-22(29)28-17(2)6-4-7-18(28)3/h8-11,14,17-18H,4-7,13,15H2,1-3H3,(H,25,30). The second-order valence-electron chi connectivity index (χ2n) is 8.00. The maximum absolute atomic E-state index is 12.6. The highest BCUT2D eigenvalue weighted by Crippen LogP contribution is 2.23. The molecule has 164 valence electrons. The largest absolute Gasteiger partial charge is 0.484 e. The Hall–Kier alpha value is -3.34. The number of aromatic nitrogens is 2. The van der Waals surface area contributed by atoms with Crippen LogP contribution in [0.3, 0.4) is 0 Å². The highest BCUT2D eigenvalue weighted by atomic mass is 16.5. The Morgan fingerprint density at radius 3 is 2.55 bits per heavy atom. The second kappa shape index (κ2) is 10.1.